The minimum atomic E-state index is -4.41. The Hall–Kier alpha value is -1.02. The zero-order chi connectivity index (χ0) is 11.2. The molecule has 1 unspecified atom stereocenters. The molecule has 1 aliphatic rings. The molecule has 1 N–H and O–H groups in total. The number of quaternary nitrogens is 1. The van der Waals surface area contributed by atoms with Crippen LogP contribution in [0.15, 0.2) is 25.2 Å². The smallest absolute Gasteiger partial charge is 0.339 e. The Morgan fingerprint density at radius 2 is 2.14 bits per heavy atom. The third-order valence-electron chi connectivity index (χ3n) is 1.44. The van der Waals surface area contributed by atoms with Crippen molar-refractivity contribution in [1.82, 2.24) is 0 Å². The van der Waals surface area contributed by atoms with Crippen LogP contribution in [0.4, 0.5) is 0 Å². The normalized spacial score (nSPS) is 24.2. The lowest BCUT2D eigenvalue weighted by molar-refractivity contribution is -0.708. The molecule has 7 heteroatoms. The molecule has 6 nitrogen and oxygen atoms in total. The second-order valence-corrected chi connectivity index (χ2v) is 3.74. The summed E-state index contributed by atoms with van der Waals surface area (Å²) < 4.78 is 31.7. The van der Waals surface area contributed by atoms with Gasteiger partial charge in [-0.1, -0.05) is 0 Å². The summed E-state index contributed by atoms with van der Waals surface area (Å²) in [4.78, 5) is 2.96. The van der Waals surface area contributed by atoms with Crippen molar-refractivity contribution < 1.29 is 26.6 Å². The van der Waals surface area contributed by atoms with Crippen molar-refractivity contribution in [1.29, 1.82) is 0 Å². The maximum atomic E-state index is 9.22. The van der Waals surface area contributed by atoms with Crippen molar-refractivity contribution in [2.45, 2.75) is 0 Å². The molecule has 1 atom stereocenters. The molecule has 1 heterocycles. The summed E-state index contributed by atoms with van der Waals surface area (Å²) in [6.45, 7) is 3.66. The van der Waals surface area contributed by atoms with E-state index in [-0.39, 0.29) is 0 Å². The second kappa shape index (κ2) is 5.01. The van der Waals surface area contributed by atoms with Crippen LogP contribution in [-0.4, -0.2) is 37.9 Å². The molecule has 0 aromatic carbocycles. The van der Waals surface area contributed by atoms with Gasteiger partial charge in [-0.2, -0.15) is 9.48 Å². The van der Waals surface area contributed by atoms with Gasteiger partial charge in [0.25, 0.3) is 0 Å². The van der Waals surface area contributed by atoms with Crippen LogP contribution < -0.4 is 4.99 Å². The second-order valence-electron chi connectivity index (χ2n) is 2.59. The van der Waals surface area contributed by atoms with Crippen LogP contribution in [0.2, 0.25) is 0 Å². The van der Waals surface area contributed by atoms with Crippen LogP contribution in [0.1, 0.15) is 0 Å². The fraction of sp³-hybridized carbons (Fsp3) is 0.286. The number of nitrogens with one attached hydrogen (secondary N) is 1. The summed E-state index contributed by atoms with van der Waals surface area (Å²) in [7, 11) is -1.57. The van der Waals surface area contributed by atoms with E-state index in [2.05, 4.69) is 15.8 Å². The van der Waals surface area contributed by atoms with E-state index in [1.165, 1.54) is 0 Å². The molecular formula is C7H13N2O4S+. The third-order valence-corrected chi connectivity index (χ3v) is 1.85. The Morgan fingerprint density at radius 1 is 1.64 bits per heavy atom. The largest absolute Gasteiger partial charge is 0.726 e. The lowest BCUT2D eigenvalue weighted by Crippen LogP contribution is -2.61. The highest BCUT2D eigenvalue weighted by Crippen LogP contribution is 1.97. The lowest BCUT2D eigenvalue weighted by Gasteiger charge is -2.08. The quantitative estimate of drug-likeness (QED) is 0.341. The van der Waals surface area contributed by atoms with Gasteiger partial charge in [0.1, 0.15) is 6.20 Å². The zero-order valence-corrected chi connectivity index (χ0v) is 8.82. The van der Waals surface area contributed by atoms with E-state index >= 15 is 0 Å². The van der Waals surface area contributed by atoms with Gasteiger partial charge in [0, 0.05) is 0 Å². The molecular weight excluding hydrogens is 208 g/mol. The highest BCUT2D eigenvalue weighted by atomic mass is 32.3. The molecule has 0 amide bonds. The van der Waals surface area contributed by atoms with Gasteiger partial charge in [-0.3, -0.25) is 4.18 Å². The molecule has 0 aromatic heterocycles. The Labute approximate surface area is 83.4 Å². The predicted octanol–water partition coefficient (Wildman–Crippen LogP) is -1.74. The van der Waals surface area contributed by atoms with Crippen molar-refractivity contribution in [2.75, 3.05) is 14.2 Å². The number of rotatable bonds is 2. The average molecular weight is 221 g/mol. The number of nitrogens with zero attached hydrogens (tertiary/aromatic N) is 1. The molecule has 80 valence electrons. The Balaban J connectivity index is 0.000000255. The maximum Gasteiger partial charge on any atom is 0.339 e. The van der Waals surface area contributed by atoms with Crippen LogP contribution in [0.5, 0.6) is 0 Å². The monoisotopic (exact) mass is 221 g/mol. The van der Waals surface area contributed by atoms with Gasteiger partial charge in [0.2, 0.25) is 16.6 Å². The maximum absolute atomic E-state index is 9.22. The zero-order valence-electron chi connectivity index (χ0n) is 8.00. The Bertz CT molecular complexity index is 333. The molecule has 1 rings (SSSR count). The third kappa shape index (κ3) is 5.60. The summed E-state index contributed by atoms with van der Waals surface area (Å²) in [6.07, 6.45) is 7.68. The van der Waals surface area contributed by atoms with E-state index in [0.29, 0.717) is 4.48 Å². The molecule has 0 aromatic rings. The van der Waals surface area contributed by atoms with E-state index in [0.717, 1.165) is 7.11 Å². The first kappa shape index (κ1) is 13.0. The lowest BCUT2D eigenvalue weighted by atomic mass is 10.6. The van der Waals surface area contributed by atoms with E-state index in [4.69, 9.17) is 0 Å². The van der Waals surface area contributed by atoms with Gasteiger partial charge >= 0.3 is 6.34 Å². The van der Waals surface area contributed by atoms with E-state index in [9.17, 15) is 13.0 Å². The molecule has 0 spiro atoms. The van der Waals surface area contributed by atoms with E-state index in [1.54, 1.807) is 0 Å². The topological polar surface area (TPSA) is 80.4 Å². The molecule has 0 saturated heterocycles. The van der Waals surface area contributed by atoms with Gasteiger partial charge in [-0.25, -0.2) is 8.42 Å². The first-order valence-electron chi connectivity index (χ1n) is 3.62. The van der Waals surface area contributed by atoms with Crippen molar-refractivity contribution in [3.05, 3.63) is 25.2 Å². The van der Waals surface area contributed by atoms with Gasteiger partial charge in [0.05, 0.1) is 14.2 Å². The molecule has 0 aliphatic carbocycles. The van der Waals surface area contributed by atoms with Crippen molar-refractivity contribution in [3.8, 4) is 0 Å². The van der Waals surface area contributed by atoms with E-state index in [1.807, 2.05) is 32.0 Å². The SMILES string of the molecule is C=C[N+]1(C)C=C[NH+]=C1.COS(=O)(=O)[O-]. The standard InChI is InChI=1S/C6H9N2.CH4O4S/c1-3-8(2)5-4-7-6-8;1-5-6(2,3)4/h3-6H,1H2,2H3;1H3,(H,2,3,4)/q+1;. The van der Waals surface area contributed by atoms with Crippen LogP contribution >= 0.6 is 0 Å². The van der Waals surface area contributed by atoms with Gasteiger partial charge in [-0.15, -0.1) is 0 Å². The summed E-state index contributed by atoms with van der Waals surface area (Å²) in [5.41, 5.74) is 0. The van der Waals surface area contributed by atoms with Crippen LogP contribution in [0, 0.1) is 0 Å². The molecule has 0 fully saturated rings. The Kier molecular flexibility index (Phi) is 4.64. The summed E-state index contributed by atoms with van der Waals surface area (Å²) in [6, 6.07) is 0. The van der Waals surface area contributed by atoms with E-state index < -0.39 is 10.4 Å². The van der Waals surface area contributed by atoms with Crippen molar-refractivity contribution >= 4 is 16.7 Å². The highest BCUT2D eigenvalue weighted by Gasteiger charge is 2.18. The van der Waals surface area contributed by atoms with Gasteiger partial charge in [-0.05, 0) is 6.58 Å². The van der Waals surface area contributed by atoms with Crippen molar-refractivity contribution in [3.63, 3.8) is 0 Å². The minimum absolute atomic E-state index is 0.667. The van der Waals surface area contributed by atoms with Crippen LogP contribution in [0.25, 0.3) is 0 Å². The summed E-state index contributed by atoms with van der Waals surface area (Å²) >= 11 is 0. The number of hydrogen-bond donors (Lipinski definition) is 1. The van der Waals surface area contributed by atoms with Crippen molar-refractivity contribution in [2.24, 2.45) is 0 Å². The fourth-order valence-corrected chi connectivity index (χ4v) is 0.564. The van der Waals surface area contributed by atoms with Gasteiger partial charge in [0.15, 0.2) is 6.20 Å². The fourth-order valence-electron chi connectivity index (χ4n) is 0.564. The van der Waals surface area contributed by atoms with Gasteiger partial charge < -0.3 is 4.55 Å². The first-order valence-corrected chi connectivity index (χ1v) is 4.95. The first-order chi connectivity index (χ1) is 6.33. The predicted molar refractivity (Wildman–Crippen MR) is 49.3 cm³/mol. The minimum Gasteiger partial charge on any atom is -0.726 e. The number of hydrogen-bond acceptors (Lipinski definition) is 4. The highest BCUT2D eigenvalue weighted by molar-refractivity contribution is 7.80. The molecule has 0 bridgehead atoms. The van der Waals surface area contributed by atoms with Crippen LogP contribution in [-0.2, 0) is 14.6 Å². The Morgan fingerprint density at radius 3 is 2.29 bits per heavy atom. The average Bonchev–Trinajstić information content (AvgIpc) is 2.53. The summed E-state index contributed by atoms with van der Waals surface area (Å²) in [5, 5.41) is 0. The molecule has 0 radical (unpaired) electrons. The molecule has 1 aliphatic heterocycles. The van der Waals surface area contributed by atoms with Crippen LogP contribution in [0.3, 0.4) is 0 Å². The summed E-state index contributed by atoms with van der Waals surface area (Å²) in [5.74, 6) is 0. The molecule has 14 heavy (non-hydrogen) atoms. The molecule has 0 saturated carbocycles.